The SMILES string of the molecule is Cc1cccc(C(=O)NCCOCC(C)CNC(=O)c2ccc(C(=N)NC(=O)C(F)(F)F)cc2)c1. The summed E-state index contributed by atoms with van der Waals surface area (Å²) in [5.41, 5.74) is 1.85. The second-order valence-electron chi connectivity index (χ2n) is 7.92. The lowest BCUT2D eigenvalue weighted by molar-refractivity contribution is -0.171. The molecule has 0 aromatic heterocycles. The molecule has 0 aliphatic heterocycles. The van der Waals surface area contributed by atoms with Crippen LogP contribution in [0, 0.1) is 18.3 Å². The first-order chi connectivity index (χ1) is 16.5. The van der Waals surface area contributed by atoms with Crippen LogP contribution in [0.3, 0.4) is 0 Å². The van der Waals surface area contributed by atoms with E-state index in [1.165, 1.54) is 29.6 Å². The van der Waals surface area contributed by atoms with E-state index in [0.29, 0.717) is 31.9 Å². The van der Waals surface area contributed by atoms with Crippen LogP contribution in [-0.2, 0) is 9.53 Å². The number of nitrogens with one attached hydrogen (secondary N) is 4. The number of amides is 3. The molecule has 3 amide bonds. The Hall–Kier alpha value is -3.73. The van der Waals surface area contributed by atoms with Crippen LogP contribution in [0.15, 0.2) is 48.5 Å². The van der Waals surface area contributed by atoms with E-state index >= 15 is 0 Å². The molecule has 1 atom stereocenters. The zero-order valence-electron chi connectivity index (χ0n) is 19.3. The number of rotatable bonds is 10. The molecule has 2 aromatic carbocycles. The third-order valence-corrected chi connectivity index (χ3v) is 4.76. The van der Waals surface area contributed by atoms with Gasteiger partial charge >= 0.3 is 12.1 Å². The standard InChI is InChI=1S/C24H27F3N4O4/c1-15-4-3-5-19(12-15)22(33)29-10-11-35-14-16(2)13-30-21(32)18-8-6-17(7-9-18)20(28)31-23(34)24(25,26)27/h3-9,12,16H,10-11,13-14H2,1-2H3,(H,29,33)(H,30,32)(H2,28,31,34). The summed E-state index contributed by atoms with van der Waals surface area (Å²) in [4.78, 5) is 35.3. The number of carbonyl (C=O) groups is 3. The van der Waals surface area contributed by atoms with Crippen LogP contribution in [0.1, 0.15) is 38.8 Å². The Labute approximate surface area is 200 Å². The fourth-order valence-corrected chi connectivity index (χ4v) is 2.88. The van der Waals surface area contributed by atoms with Crippen molar-refractivity contribution >= 4 is 23.6 Å². The second-order valence-corrected chi connectivity index (χ2v) is 7.92. The van der Waals surface area contributed by atoms with Crippen LogP contribution in [0.4, 0.5) is 13.2 Å². The molecule has 0 saturated heterocycles. The predicted molar refractivity (Wildman–Crippen MR) is 123 cm³/mol. The average Bonchev–Trinajstić information content (AvgIpc) is 2.81. The van der Waals surface area contributed by atoms with E-state index in [1.54, 1.807) is 12.1 Å². The van der Waals surface area contributed by atoms with Gasteiger partial charge in [0.25, 0.3) is 11.8 Å². The molecule has 35 heavy (non-hydrogen) atoms. The number of halogens is 3. The maximum Gasteiger partial charge on any atom is 0.471 e. The van der Waals surface area contributed by atoms with Crippen molar-refractivity contribution in [3.05, 3.63) is 70.8 Å². The van der Waals surface area contributed by atoms with Gasteiger partial charge in [0, 0.05) is 29.8 Å². The number of carbonyl (C=O) groups excluding carboxylic acids is 3. The molecule has 0 aliphatic carbocycles. The van der Waals surface area contributed by atoms with E-state index in [4.69, 9.17) is 10.1 Å². The van der Waals surface area contributed by atoms with E-state index in [2.05, 4.69) is 10.6 Å². The van der Waals surface area contributed by atoms with Crippen molar-refractivity contribution in [1.29, 1.82) is 5.41 Å². The fraction of sp³-hybridized carbons (Fsp3) is 0.333. The summed E-state index contributed by atoms with van der Waals surface area (Å²) in [7, 11) is 0. The largest absolute Gasteiger partial charge is 0.471 e. The lowest BCUT2D eigenvalue weighted by Gasteiger charge is -2.14. The molecule has 4 N–H and O–H groups in total. The Morgan fingerprint density at radius 2 is 1.60 bits per heavy atom. The number of hydrogen-bond donors (Lipinski definition) is 4. The van der Waals surface area contributed by atoms with Gasteiger partial charge in [-0.15, -0.1) is 0 Å². The molecule has 0 bridgehead atoms. The molecule has 188 valence electrons. The minimum absolute atomic E-state index is 0.0172. The van der Waals surface area contributed by atoms with Crippen LogP contribution in [-0.4, -0.2) is 56.0 Å². The Morgan fingerprint density at radius 3 is 2.23 bits per heavy atom. The predicted octanol–water partition coefficient (Wildman–Crippen LogP) is 2.81. The molecular weight excluding hydrogens is 465 g/mol. The molecule has 8 nitrogen and oxygen atoms in total. The molecular formula is C24H27F3N4O4. The Morgan fingerprint density at radius 1 is 0.971 bits per heavy atom. The first kappa shape index (κ1) is 27.5. The summed E-state index contributed by atoms with van der Waals surface area (Å²) in [6, 6.07) is 12.5. The number of alkyl halides is 3. The van der Waals surface area contributed by atoms with Gasteiger partial charge in [-0.25, -0.2) is 0 Å². The van der Waals surface area contributed by atoms with Crippen molar-refractivity contribution in [2.24, 2.45) is 5.92 Å². The summed E-state index contributed by atoms with van der Waals surface area (Å²) < 4.78 is 42.4. The zero-order chi connectivity index (χ0) is 26.0. The Balaban J connectivity index is 1.67. The van der Waals surface area contributed by atoms with Gasteiger partial charge in [0.15, 0.2) is 0 Å². The molecule has 0 heterocycles. The highest BCUT2D eigenvalue weighted by molar-refractivity contribution is 6.08. The van der Waals surface area contributed by atoms with Gasteiger partial charge in [0.05, 0.1) is 13.2 Å². The van der Waals surface area contributed by atoms with Crippen molar-refractivity contribution in [1.82, 2.24) is 16.0 Å². The minimum atomic E-state index is -5.10. The summed E-state index contributed by atoms with van der Waals surface area (Å²) in [6.07, 6.45) is -5.10. The highest BCUT2D eigenvalue weighted by Gasteiger charge is 2.39. The molecule has 0 spiro atoms. The van der Waals surface area contributed by atoms with Gasteiger partial charge in [0.2, 0.25) is 0 Å². The van der Waals surface area contributed by atoms with E-state index in [0.717, 1.165) is 5.56 Å². The van der Waals surface area contributed by atoms with Gasteiger partial charge in [0.1, 0.15) is 5.84 Å². The van der Waals surface area contributed by atoms with Crippen molar-refractivity contribution < 1.29 is 32.3 Å². The van der Waals surface area contributed by atoms with Crippen LogP contribution in [0.25, 0.3) is 0 Å². The van der Waals surface area contributed by atoms with Crippen molar-refractivity contribution in [3.8, 4) is 0 Å². The summed E-state index contributed by atoms with van der Waals surface area (Å²) >= 11 is 0. The third-order valence-electron chi connectivity index (χ3n) is 4.76. The summed E-state index contributed by atoms with van der Waals surface area (Å²) in [5, 5.41) is 14.5. The van der Waals surface area contributed by atoms with Gasteiger partial charge in [-0.2, -0.15) is 13.2 Å². The van der Waals surface area contributed by atoms with E-state index < -0.39 is 23.8 Å². The average molecular weight is 492 g/mol. The van der Waals surface area contributed by atoms with Gasteiger partial charge in [-0.1, -0.05) is 36.8 Å². The first-order valence-corrected chi connectivity index (χ1v) is 10.8. The smallest absolute Gasteiger partial charge is 0.379 e. The fourth-order valence-electron chi connectivity index (χ4n) is 2.88. The van der Waals surface area contributed by atoms with Crippen LogP contribution in [0.2, 0.25) is 0 Å². The van der Waals surface area contributed by atoms with Crippen LogP contribution in [0.5, 0.6) is 0 Å². The van der Waals surface area contributed by atoms with E-state index in [-0.39, 0.29) is 23.0 Å². The van der Waals surface area contributed by atoms with Crippen molar-refractivity contribution in [2.45, 2.75) is 20.0 Å². The normalized spacial score (nSPS) is 11.9. The molecule has 0 aliphatic rings. The van der Waals surface area contributed by atoms with Crippen LogP contribution < -0.4 is 16.0 Å². The molecule has 0 fully saturated rings. The molecule has 0 radical (unpaired) electrons. The summed E-state index contributed by atoms with van der Waals surface area (Å²) in [6.45, 7) is 5.11. The quantitative estimate of drug-likeness (QED) is 0.232. The summed E-state index contributed by atoms with van der Waals surface area (Å²) in [5.74, 6) is -3.56. The third kappa shape index (κ3) is 9.20. The molecule has 11 heteroatoms. The molecule has 2 rings (SSSR count). The first-order valence-electron chi connectivity index (χ1n) is 10.8. The Bertz CT molecular complexity index is 1060. The lowest BCUT2D eigenvalue weighted by atomic mass is 10.1. The number of aryl methyl sites for hydroxylation is 1. The molecule has 2 aromatic rings. The van der Waals surface area contributed by atoms with Gasteiger partial charge in [-0.3, -0.25) is 19.8 Å². The molecule has 0 saturated carbocycles. The number of hydrogen-bond acceptors (Lipinski definition) is 5. The lowest BCUT2D eigenvalue weighted by Crippen LogP contribution is -2.40. The van der Waals surface area contributed by atoms with E-state index in [1.807, 2.05) is 26.0 Å². The topological polar surface area (TPSA) is 120 Å². The van der Waals surface area contributed by atoms with Crippen molar-refractivity contribution in [2.75, 3.05) is 26.3 Å². The maximum absolute atomic E-state index is 12.3. The monoisotopic (exact) mass is 492 g/mol. The van der Waals surface area contributed by atoms with Crippen LogP contribution >= 0.6 is 0 Å². The van der Waals surface area contributed by atoms with Crippen molar-refractivity contribution in [3.63, 3.8) is 0 Å². The molecule has 1 unspecified atom stereocenters. The van der Waals surface area contributed by atoms with Gasteiger partial charge in [-0.05, 0) is 37.1 Å². The maximum atomic E-state index is 12.3. The minimum Gasteiger partial charge on any atom is -0.379 e. The zero-order valence-corrected chi connectivity index (χ0v) is 19.3. The number of benzene rings is 2. The second kappa shape index (κ2) is 12.7. The van der Waals surface area contributed by atoms with Gasteiger partial charge < -0.3 is 20.7 Å². The number of amidine groups is 1. The highest BCUT2D eigenvalue weighted by atomic mass is 19.4. The Kier molecular flexibility index (Phi) is 9.95. The highest BCUT2D eigenvalue weighted by Crippen LogP contribution is 2.14. The number of ether oxygens (including phenoxy) is 1. The van der Waals surface area contributed by atoms with E-state index in [9.17, 15) is 27.6 Å².